The number of rotatable bonds is 10. The van der Waals surface area contributed by atoms with Crippen LogP contribution in [0.2, 0.25) is 0 Å². The molecular formula is C28H29NO3. The summed E-state index contributed by atoms with van der Waals surface area (Å²) in [5, 5.41) is 3.34. The van der Waals surface area contributed by atoms with Crippen molar-refractivity contribution in [3.8, 4) is 0 Å². The van der Waals surface area contributed by atoms with Gasteiger partial charge in [0.15, 0.2) is 0 Å². The van der Waals surface area contributed by atoms with E-state index in [1.165, 1.54) is 6.08 Å². The van der Waals surface area contributed by atoms with E-state index in [-0.39, 0.29) is 11.9 Å². The fourth-order valence-electron chi connectivity index (χ4n) is 3.80. The van der Waals surface area contributed by atoms with Gasteiger partial charge in [0.1, 0.15) is 5.54 Å². The van der Waals surface area contributed by atoms with Crippen LogP contribution >= 0.6 is 0 Å². The van der Waals surface area contributed by atoms with Gasteiger partial charge in [0.2, 0.25) is 5.91 Å². The summed E-state index contributed by atoms with van der Waals surface area (Å²) in [7, 11) is 0. The molecule has 1 N–H and O–H groups in total. The van der Waals surface area contributed by atoms with Crippen LogP contribution in [0.4, 0.5) is 0 Å². The van der Waals surface area contributed by atoms with E-state index in [9.17, 15) is 9.59 Å². The zero-order chi connectivity index (χ0) is 22.7. The van der Waals surface area contributed by atoms with Crippen LogP contribution in [0.3, 0.4) is 0 Å². The van der Waals surface area contributed by atoms with Crippen LogP contribution in [0, 0.1) is 0 Å². The Kier molecular flexibility index (Phi) is 8.38. The van der Waals surface area contributed by atoms with Crippen molar-refractivity contribution in [2.45, 2.75) is 31.7 Å². The van der Waals surface area contributed by atoms with E-state index < -0.39 is 5.54 Å². The maximum atomic E-state index is 13.2. The topological polar surface area (TPSA) is 55.4 Å². The van der Waals surface area contributed by atoms with E-state index in [0.29, 0.717) is 25.9 Å². The van der Waals surface area contributed by atoms with Crippen LogP contribution < -0.4 is 5.32 Å². The maximum Gasteiger partial charge on any atom is 0.330 e. The summed E-state index contributed by atoms with van der Waals surface area (Å²) in [4.78, 5) is 24.6. The van der Waals surface area contributed by atoms with Crippen LogP contribution in [-0.4, -0.2) is 18.5 Å². The molecule has 1 amide bonds. The standard InChI is InChI=1S/C28H29NO3/c1-2-32-27(31)22-14-6-13-21-26(30)29-28(23-15-7-3-8-16-23,24-17-9-4-10-18-24)25-19-11-5-12-20-25/h3-5,7-12,14-20,22H,2,6,13,21H2,1H3,(H,29,30). The SMILES string of the molecule is CCOC(=O)C=CCCCC(=O)NC(c1ccccc1)(c1ccccc1)c1ccccc1. The minimum atomic E-state index is -0.804. The van der Waals surface area contributed by atoms with Gasteiger partial charge in [-0.1, -0.05) is 97.1 Å². The first-order chi connectivity index (χ1) is 15.7. The molecule has 0 bridgehead atoms. The van der Waals surface area contributed by atoms with Crippen molar-refractivity contribution in [2.75, 3.05) is 6.61 Å². The lowest BCUT2D eigenvalue weighted by molar-refractivity contribution is -0.137. The number of unbranched alkanes of at least 4 members (excludes halogenated alkanes) is 1. The number of amides is 1. The molecule has 0 atom stereocenters. The molecule has 0 aliphatic rings. The van der Waals surface area contributed by atoms with Crippen molar-refractivity contribution in [3.63, 3.8) is 0 Å². The Balaban J connectivity index is 1.87. The summed E-state index contributed by atoms with van der Waals surface area (Å²) in [6.07, 6.45) is 4.78. The molecule has 0 spiro atoms. The molecule has 0 aromatic heterocycles. The molecule has 3 rings (SSSR count). The lowest BCUT2D eigenvalue weighted by Crippen LogP contribution is -2.47. The van der Waals surface area contributed by atoms with Crippen molar-refractivity contribution < 1.29 is 14.3 Å². The molecule has 0 aliphatic heterocycles. The average molecular weight is 428 g/mol. The van der Waals surface area contributed by atoms with Crippen LogP contribution in [0.25, 0.3) is 0 Å². The predicted molar refractivity (Wildman–Crippen MR) is 127 cm³/mol. The highest BCUT2D eigenvalue weighted by Crippen LogP contribution is 2.36. The summed E-state index contributed by atoms with van der Waals surface area (Å²) in [5.74, 6) is -0.403. The second-order valence-corrected chi connectivity index (χ2v) is 7.44. The van der Waals surface area contributed by atoms with Crippen molar-refractivity contribution in [1.29, 1.82) is 0 Å². The highest BCUT2D eigenvalue weighted by atomic mass is 16.5. The third-order valence-electron chi connectivity index (χ3n) is 5.26. The number of esters is 1. The molecule has 32 heavy (non-hydrogen) atoms. The monoisotopic (exact) mass is 427 g/mol. The molecule has 0 radical (unpaired) electrons. The lowest BCUT2D eigenvalue weighted by Gasteiger charge is -2.37. The van der Waals surface area contributed by atoms with Gasteiger partial charge in [0.05, 0.1) is 6.61 Å². The van der Waals surface area contributed by atoms with E-state index in [1.807, 2.05) is 91.0 Å². The van der Waals surface area contributed by atoms with Gasteiger partial charge in [-0.05, 0) is 36.5 Å². The Morgan fingerprint density at radius 1 is 0.812 bits per heavy atom. The zero-order valence-electron chi connectivity index (χ0n) is 18.4. The largest absolute Gasteiger partial charge is 0.463 e. The Morgan fingerprint density at radius 3 is 1.72 bits per heavy atom. The first-order valence-electron chi connectivity index (χ1n) is 11.0. The number of hydrogen-bond acceptors (Lipinski definition) is 3. The molecule has 4 nitrogen and oxygen atoms in total. The van der Waals surface area contributed by atoms with E-state index in [0.717, 1.165) is 16.7 Å². The van der Waals surface area contributed by atoms with Crippen LogP contribution in [0.5, 0.6) is 0 Å². The minimum absolute atomic E-state index is 0.0499. The molecule has 0 fully saturated rings. The van der Waals surface area contributed by atoms with Crippen LogP contribution in [0.1, 0.15) is 42.9 Å². The maximum absolute atomic E-state index is 13.2. The summed E-state index contributed by atoms with van der Waals surface area (Å²) in [6, 6.07) is 30.1. The summed E-state index contributed by atoms with van der Waals surface area (Å²) < 4.78 is 4.88. The Labute approximate surface area is 189 Å². The fraction of sp³-hybridized carbons (Fsp3) is 0.214. The number of allylic oxidation sites excluding steroid dienone is 1. The van der Waals surface area contributed by atoms with E-state index >= 15 is 0 Å². The van der Waals surface area contributed by atoms with Crippen molar-refractivity contribution in [2.24, 2.45) is 0 Å². The number of benzene rings is 3. The Morgan fingerprint density at radius 2 is 1.28 bits per heavy atom. The summed E-state index contributed by atoms with van der Waals surface area (Å²) in [5.41, 5.74) is 2.18. The van der Waals surface area contributed by atoms with Gasteiger partial charge >= 0.3 is 5.97 Å². The number of ether oxygens (including phenoxy) is 1. The molecule has 0 unspecified atom stereocenters. The first-order valence-corrected chi connectivity index (χ1v) is 11.0. The fourth-order valence-corrected chi connectivity index (χ4v) is 3.80. The second-order valence-electron chi connectivity index (χ2n) is 7.44. The Hall–Kier alpha value is -3.66. The quantitative estimate of drug-likeness (QED) is 0.204. The number of carbonyl (C=O) groups is 2. The third kappa shape index (κ3) is 5.73. The van der Waals surface area contributed by atoms with Crippen molar-refractivity contribution >= 4 is 11.9 Å². The van der Waals surface area contributed by atoms with E-state index in [2.05, 4.69) is 5.32 Å². The molecular weight excluding hydrogens is 398 g/mol. The van der Waals surface area contributed by atoms with E-state index in [1.54, 1.807) is 13.0 Å². The van der Waals surface area contributed by atoms with Gasteiger partial charge in [-0.3, -0.25) is 4.79 Å². The number of nitrogens with one attached hydrogen (secondary N) is 1. The van der Waals surface area contributed by atoms with Crippen molar-refractivity contribution in [3.05, 3.63) is 120 Å². The molecule has 0 aliphatic carbocycles. The van der Waals surface area contributed by atoms with Crippen LogP contribution in [-0.2, 0) is 19.9 Å². The number of hydrogen-bond donors (Lipinski definition) is 1. The Bertz CT molecular complexity index is 918. The molecule has 3 aromatic rings. The molecule has 4 heteroatoms. The summed E-state index contributed by atoms with van der Waals surface area (Å²) >= 11 is 0. The first kappa shape index (κ1) is 23.0. The van der Waals surface area contributed by atoms with Gasteiger partial charge in [-0.25, -0.2) is 4.79 Å². The summed E-state index contributed by atoms with van der Waals surface area (Å²) in [6.45, 7) is 2.13. The third-order valence-corrected chi connectivity index (χ3v) is 5.26. The molecule has 0 saturated heterocycles. The normalized spacial score (nSPS) is 11.3. The van der Waals surface area contributed by atoms with Gasteiger partial charge in [0, 0.05) is 12.5 Å². The second kappa shape index (κ2) is 11.7. The zero-order valence-corrected chi connectivity index (χ0v) is 18.4. The van der Waals surface area contributed by atoms with E-state index in [4.69, 9.17) is 4.74 Å². The molecule has 0 heterocycles. The van der Waals surface area contributed by atoms with Gasteiger partial charge in [0.25, 0.3) is 0 Å². The smallest absolute Gasteiger partial charge is 0.330 e. The predicted octanol–water partition coefficient (Wildman–Crippen LogP) is 5.38. The van der Waals surface area contributed by atoms with Gasteiger partial charge < -0.3 is 10.1 Å². The lowest BCUT2D eigenvalue weighted by atomic mass is 9.77. The highest BCUT2D eigenvalue weighted by Gasteiger charge is 2.37. The van der Waals surface area contributed by atoms with Crippen molar-refractivity contribution in [1.82, 2.24) is 5.32 Å². The van der Waals surface area contributed by atoms with Gasteiger partial charge in [-0.2, -0.15) is 0 Å². The molecule has 164 valence electrons. The number of carbonyl (C=O) groups excluding carboxylic acids is 2. The molecule has 0 saturated carbocycles. The minimum Gasteiger partial charge on any atom is -0.463 e. The average Bonchev–Trinajstić information content (AvgIpc) is 2.84. The highest BCUT2D eigenvalue weighted by molar-refractivity contribution is 5.82. The van der Waals surface area contributed by atoms with Gasteiger partial charge in [-0.15, -0.1) is 0 Å². The van der Waals surface area contributed by atoms with Crippen LogP contribution in [0.15, 0.2) is 103 Å². The molecule has 3 aromatic carbocycles.